The summed E-state index contributed by atoms with van der Waals surface area (Å²) >= 11 is 0. The van der Waals surface area contributed by atoms with Crippen LogP contribution in [0.5, 0.6) is 5.75 Å². The third kappa shape index (κ3) is 3.07. The van der Waals surface area contributed by atoms with Gasteiger partial charge in [0.05, 0.1) is 18.5 Å². The van der Waals surface area contributed by atoms with Crippen molar-refractivity contribution in [3.05, 3.63) is 42.2 Å². The van der Waals surface area contributed by atoms with Crippen LogP contribution in [0, 0.1) is 5.92 Å². The van der Waals surface area contributed by atoms with Crippen LogP contribution in [-0.2, 0) is 0 Å². The largest absolute Gasteiger partial charge is 0.489 e. The van der Waals surface area contributed by atoms with Crippen molar-refractivity contribution in [1.82, 2.24) is 9.78 Å². The van der Waals surface area contributed by atoms with Crippen molar-refractivity contribution >= 4 is 5.97 Å². The van der Waals surface area contributed by atoms with Gasteiger partial charge in [0.1, 0.15) is 0 Å². The highest BCUT2D eigenvalue weighted by atomic mass is 16.5. The second-order valence-electron chi connectivity index (χ2n) is 5.39. The number of aromatic carboxylic acids is 1. The van der Waals surface area contributed by atoms with Crippen LogP contribution in [0.1, 0.15) is 36.2 Å². The molecule has 0 aliphatic heterocycles. The van der Waals surface area contributed by atoms with Crippen molar-refractivity contribution in [2.45, 2.75) is 25.7 Å². The number of aromatic nitrogens is 2. The number of carboxylic acids is 1. The van der Waals surface area contributed by atoms with Crippen LogP contribution in [0.15, 0.2) is 36.5 Å². The van der Waals surface area contributed by atoms with Crippen LogP contribution >= 0.6 is 0 Å². The number of hydrogen-bond donors (Lipinski definition) is 1. The maximum absolute atomic E-state index is 11.3. The van der Waals surface area contributed by atoms with Gasteiger partial charge in [0.2, 0.25) is 5.69 Å². The fourth-order valence-corrected chi connectivity index (χ4v) is 2.71. The van der Waals surface area contributed by atoms with Crippen LogP contribution in [0.3, 0.4) is 0 Å². The molecule has 1 N–H and O–H groups in total. The summed E-state index contributed by atoms with van der Waals surface area (Å²) in [6.45, 7) is 0.570. The molecule has 1 saturated carbocycles. The van der Waals surface area contributed by atoms with Crippen LogP contribution in [0.4, 0.5) is 0 Å². The van der Waals surface area contributed by atoms with Gasteiger partial charge in [-0.15, -0.1) is 0 Å². The van der Waals surface area contributed by atoms with E-state index in [1.165, 1.54) is 12.8 Å². The van der Waals surface area contributed by atoms with E-state index in [4.69, 9.17) is 4.74 Å². The van der Waals surface area contributed by atoms with Crippen LogP contribution in [0.2, 0.25) is 0 Å². The molecule has 1 fully saturated rings. The Morgan fingerprint density at radius 2 is 2.00 bits per heavy atom. The van der Waals surface area contributed by atoms with E-state index in [-0.39, 0.29) is 5.69 Å². The summed E-state index contributed by atoms with van der Waals surface area (Å²) in [4.78, 5) is 11.3. The van der Waals surface area contributed by atoms with Crippen LogP contribution < -0.4 is 4.74 Å². The van der Waals surface area contributed by atoms with Crippen molar-refractivity contribution in [3.8, 4) is 11.4 Å². The summed E-state index contributed by atoms with van der Waals surface area (Å²) in [7, 11) is 0. The molecule has 1 heterocycles. The normalized spacial score (nSPS) is 15.2. The Morgan fingerprint density at radius 3 is 2.67 bits per heavy atom. The molecule has 0 spiro atoms. The molecular weight excluding hydrogens is 268 g/mol. The molecule has 0 atom stereocenters. The first kappa shape index (κ1) is 13.7. The molecule has 0 unspecified atom stereocenters. The van der Waals surface area contributed by atoms with Gasteiger partial charge in [-0.25, -0.2) is 9.48 Å². The molecule has 0 radical (unpaired) electrons. The molecule has 1 aromatic heterocycles. The van der Waals surface area contributed by atoms with Gasteiger partial charge >= 0.3 is 5.97 Å². The Hall–Kier alpha value is -2.30. The minimum absolute atomic E-state index is 0.0307. The first-order valence-electron chi connectivity index (χ1n) is 7.25. The highest BCUT2D eigenvalue weighted by molar-refractivity contribution is 5.88. The van der Waals surface area contributed by atoms with E-state index in [1.807, 2.05) is 30.3 Å². The molecular formula is C16H18N2O3. The summed E-state index contributed by atoms with van der Waals surface area (Å²) in [5.41, 5.74) is 0.785. The summed E-state index contributed by atoms with van der Waals surface area (Å²) < 4.78 is 7.27. The topological polar surface area (TPSA) is 64.3 Å². The molecule has 5 heteroatoms. The van der Waals surface area contributed by atoms with Crippen LogP contribution in [0.25, 0.3) is 5.69 Å². The van der Waals surface area contributed by atoms with Crippen molar-refractivity contribution in [2.75, 3.05) is 6.61 Å². The van der Waals surface area contributed by atoms with Crippen molar-refractivity contribution in [2.24, 2.45) is 5.92 Å². The van der Waals surface area contributed by atoms with Crippen LogP contribution in [-0.4, -0.2) is 27.5 Å². The van der Waals surface area contributed by atoms with Gasteiger partial charge in [0.15, 0.2) is 5.75 Å². The first-order valence-corrected chi connectivity index (χ1v) is 7.25. The second kappa shape index (κ2) is 5.99. The van der Waals surface area contributed by atoms with Crippen molar-refractivity contribution < 1.29 is 14.6 Å². The van der Waals surface area contributed by atoms with Gasteiger partial charge in [-0.1, -0.05) is 31.0 Å². The van der Waals surface area contributed by atoms with Crippen molar-refractivity contribution in [3.63, 3.8) is 0 Å². The Bertz CT molecular complexity index is 616. The Balaban J connectivity index is 1.81. The Labute approximate surface area is 123 Å². The molecule has 0 bridgehead atoms. The highest BCUT2D eigenvalue weighted by Crippen LogP contribution is 2.27. The molecule has 1 aromatic carbocycles. The lowest BCUT2D eigenvalue weighted by molar-refractivity contribution is 0.0684. The molecule has 1 aliphatic carbocycles. The van der Waals surface area contributed by atoms with Gasteiger partial charge in [0, 0.05) is 0 Å². The summed E-state index contributed by atoms with van der Waals surface area (Å²) in [5, 5.41) is 13.4. The van der Waals surface area contributed by atoms with E-state index in [0.717, 1.165) is 18.5 Å². The number of nitrogens with zero attached hydrogens (tertiary/aromatic N) is 2. The summed E-state index contributed by atoms with van der Waals surface area (Å²) in [6, 6.07) is 9.42. The third-order valence-electron chi connectivity index (χ3n) is 3.85. The summed E-state index contributed by atoms with van der Waals surface area (Å²) in [5.74, 6) is -0.184. The Morgan fingerprint density at radius 1 is 1.29 bits per heavy atom. The SMILES string of the molecule is O=C(O)c1nn(-c2ccccc2)cc1OCC1CCCC1. The molecule has 0 amide bonds. The lowest BCUT2D eigenvalue weighted by Gasteiger charge is -2.09. The number of hydrogen-bond acceptors (Lipinski definition) is 3. The maximum atomic E-state index is 11.3. The minimum atomic E-state index is -1.06. The van der Waals surface area contributed by atoms with Gasteiger partial charge in [-0.05, 0) is 30.9 Å². The second-order valence-corrected chi connectivity index (χ2v) is 5.39. The quantitative estimate of drug-likeness (QED) is 0.917. The highest BCUT2D eigenvalue weighted by Gasteiger charge is 2.21. The van der Waals surface area contributed by atoms with Gasteiger partial charge < -0.3 is 9.84 Å². The first-order chi connectivity index (χ1) is 10.2. The number of benzene rings is 1. The zero-order valence-corrected chi connectivity index (χ0v) is 11.7. The van der Waals surface area contributed by atoms with E-state index in [9.17, 15) is 9.90 Å². The Kier molecular flexibility index (Phi) is 3.90. The predicted octanol–water partition coefficient (Wildman–Crippen LogP) is 3.14. The fourth-order valence-electron chi connectivity index (χ4n) is 2.71. The average Bonchev–Trinajstić information content (AvgIpc) is 3.15. The standard InChI is InChI=1S/C16H18N2O3/c19-16(20)15-14(21-11-12-6-4-5-7-12)10-18(17-15)13-8-2-1-3-9-13/h1-3,8-10,12H,4-7,11H2,(H,19,20). The molecule has 0 saturated heterocycles. The van der Waals surface area contributed by atoms with Crippen molar-refractivity contribution in [1.29, 1.82) is 0 Å². The zero-order chi connectivity index (χ0) is 14.7. The maximum Gasteiger partial charge on any atom is 0.360 e. The van der Waals surface area contributed by atoms with E-state index in [0.29, 0.717) is 18.3 Å². The molecule has 21 heavy (non-hydrogen) atoms. The van der Waals surface area contributed by atoms with Gasteiger partial charge in [-0.2, -0.15) is 5.10 Å². The van der Waals surface area contributed by atoms with E-state index in [1.54, 1.807) is 10.9 Å². The molecule has 2 aromatic rings. The molecule has 1 aliphatic rings. The lowest BCUT2D eigenvalue weighted by atomic mass is 10.1. The number of rotatable bonds is 5. The molecule has 110 valence electrons. The predicted molar refractivity (Wildman–Crippen MR) is 78.0 cm³/mol. The third-order valence-corrected chi connectivity index (χ3v) is 3.85. The van der Waals surface area contributed by atoms with Gasteiger partial charge in [0.25, 0.3) is 0 Å². The van der Waals surface area contributed by atoms with E-state index in [2.05, 4.69) is 5.10 Å². The average molecular weight is 286 g/mol. The number of carbonyl (C=O) groups is 1. The minimum Gasteiger partial charge on any atom is -0.489 e. The molecule has 5 nitrogen and oxygen atoms in total. The van der Waals surface area contributed by atoms with E-state index >= 15 is 0 Å². The smallest absolute Gasteiger partial charge is 0.360 e. The zero-order valence-electron chi connectivity index (χ0n) is 11.7. The number of para-hydroxylation sites is 1. The fraction of sp³-hybridized carbons (Fsp3) is 0.375. The number of ether oxygens (including phenoxy) is 1. The van der Waals surface area contributed by atoms with E-state index < -0.39 is 5.97 Å². The lowest BCUT2D eigenvalue weighted by Crippen LogP contribution is -2.10. The molecule has 3 rings (SSSR count). The van der Waals surface area contributed by atoms with Gasteiger partial charge in [-0.3, -0.25) is 0 Å². The summed E-state index contributed by atoms with van der Waals surface area (Å²) in [6.07, 6.45) is 6.45. The monoisotopic (exact) mass is 286 g/mol. The number of carboxylic acid groups (broad SMARTS) is 1.